The molecule has 0 bridgehead atoms. The fourth-order valence-corrected chi connectivity index (χ4v) is 3.87. The molecule has 1 N–H and O–H groups in total. The van der Waals surface area contributed by atoms with Gasteiger partial charge in [0.05, 0.1) is 23.4 Å². The van der Waals surface area contributed by atoms with E-state index in [1.165, 1.54) is 4.90 Å². The number of benzene rings is 2. The van der Waals surface area contributed by atoms with E-state index in [0.29, 0.717) is 28.3 Å². The predicted molar refractivity (Wildman–Crippen MR) is 113 cm³/mol. The van der Waals surface area contributed by atoms with Crippen LogP contribution in [0.4, 0.5) is 11.4 Å². The lowest BCUT2D eigenvalue weighted by Crippen LogP contribution is -2.28. The molecule has 0 spiro atoms. The minimum Gasteiger partial charge on any atom is -0.460 e. The highest BCUT2D eigenvalue weighted by atomic mass is 16.3. The third-order valence-electron chi connectivity index (χ3n) is 5.37. The summed E-state index contributed by atoms with van der Waals surface area (Å²) in [5, 5.41) is 2.85. The average molecular weight is 398 g/mol. The van der Waals surface area contributed by atoms with E-state index in [4.69, 9.17) is 4.42 Å². The molecule has 6 heteroatoms. The standard InChI is InChI=1S/C24H18N2O4/c1-13-3-7-20-17(9-13)18(23(28)25-20)11-15-5-6-16(30-15)12-26-21-8-4-14(2)10-19(21)22(27)24(26)29/h3-11H,12H2,1-2H3,(H,25,28)/b18-11+. The molecule has 0 fully saturated rings. The molecule has 0 atom stereocenters. The van der Waals surface area contributed by atoms with Crippen molar-refractivity contribution in [3.63, 3.8) is 0 Å². The highest BCUT2D eigenvalue weighted by Gasteiger charge is 2.36. The molecule has 6 nitrogen and oxygen atoms in total. The SMILES string of the molecule is Cc1ccc2c(c1)C(=O)C(=O)N2Cc1ccc(/C=C2/C(=O)Nc3ccc(C)cc32)o1. The van der Waals surface area contributed by atoms with E-state index in [9.17, 15) is 14.4 Å². The van der Waals surface area contributed by atoms with Crippen LogP contribution in [-0.4, -0.2) is 17.6 Å². The molecule has 1 aromatic heterocycles. The number of furan rings is 1. The number of aryl methyl sites for hydroxylation is 2. The zero-order chi connectivity index (χ0) is 21.0. The van der Waals surface area contributed by atoms with Gasteiger partial charge >= 0.3 is 0 Å². The molecule has 2 aliphatic heterocycles. The van der Waals surface area contributed by atoms with Crippen LogP contribution in [0.15, 0.2) is 52.9 Å². The van der Waals surface area contributed by atoms with Crippen molar-refractivity contribution in [3.05, 3.63) is 82.3 Å². The van der Waals surface area contributed by atoms with Crippen molar-refractivity contribution in [2.45, 2.75) is 20.4 Å². The molecule has 0 saturated heterocycles. The lowest BCUT2D eigenvalue weighted by Gasteiger charge is -2.14. The van der Waals surface area contributed by atoms with E-state index < -0.39 is 11.7 Å². The first-order valence-corrected chi connectivity index (χ1v) is 9.60. The second-order valence-corrected chi connectivity index (χ2v) is 7.61. The van der Waals surface area contributed by atoms with Gasteiger partial charge in [0.1, 0.15) is 11.5 Å². The van der Waals surface area contributed by atoms with Gasteiger partial charge in [0.25, 0.3) is 17.6 Å². The summed E-state index contributed by atoms with van der Waals surface area (Å²) in [5.41, 5.74) is 5.13. The van der Waals surface area contributed by atoms with Crippen molar-refractivity contribution in [2.75, 3.05) is 10.2 Å². The van der Waals surface area contributed by atoms with Crippen molar-refractivity contribution in [1.29, 1.82) is 0 Å². The van der Waals surface area contributed by atoms with Crippen molar-refractivity contribution in [1.82, 2.24) is 0 Å². The Morgan fingerprint density at radius 1 is 0.933 bits per heavy atom. The van der Waals surface area contributed by atoms with Crippen LogP contribution in [0.2, 0.25) is 0 Å². The van der Waals surface area contributed by atoms with Crippen LogP contribution in [0.3, 0.4) is 0 Å². The Bertz CT molecular complexity index is 1280. The van der Waals surface area contributed by atoms with E-state index in [0.717, 1.165) is 22.4 Å². The Balaban J connectivity index is 1.44. The van der Waals surface area contributed by atoms with Crippen LogP contribution < -0.4 is 10.2 Å². The van der Waals surface area contributed by atoms with Crippen molar-refractivity contribution in [2.24, 2.45) is 0 Å². The summed E-state index contributed by atoms with van der Waals surface area (Å²) in [4.78, 5) is 38.5. The number of hydrogen-bond donors (Lipinski definition) is 1. The molecule has 30 heavy (non-hydrogen) atoms. The molecule has 0 unspecified atom stereocenters. The summed E-state index contributed by atoms with van der Waals surface area (Å²) >= 11 is 0. The summed E-state index contributed by atoms with van der Waals surface area (Å²) in [6.45, 7) is 4.00. The number of amides is 2. The largest absolute Gasteiger partial charge is 0.460 e. The van der Waals surface area contributed by atoms with Gasteiger partial charge < -0.3 is 9.73 Å². The summed E-state index contributed by atoms with van der Waals surface area (Å²) in [6, 6.07) is 14.7. The topological polar surface area (TPSA) is 79.6 Å². The molecule has 5 rings (SSSR count). The maximum atomic E-state index is 12.4. The van der Waals surface area contributed by atoms with E-state index in [1.54, 1.807) is 30.3 Å². The molecule has 3 heterocycles. The van der Waals surface area contributed by atoms with Crippen molar-refractivity contribution >= 4 is 40.6 Å². The van der Waals surface area contributed by atoms with Crippen molar-refractivity contribution < 1.29 is 18.8 Å². The molecule has 148 valence electrons. The third-order valence-corrected chi connectivity index (χ3v) is 5.37. The first-order valence-electron chi connectivity index (χ1n) is 9.60. The van der Waals surface area contributed by atoms with Crippen LogP contribution in [0.25, 0.3) is 11.6 Å². The Hall–Kier alpha value is -3.93. The van der Waals surface area contributed by atoms with Gasteiger partial charge in [-0.1, -0.05) is 23.3 Å². The van der Waals surface area contributed by atoms with Crippen LogP contribution in [-0.2, 0) is 16.1 Å². The molecule has 0 radical (unpaired) electrons. The van der Waals surface area contributed by atoms with Crippen LogP contribution in [0.1, 0.15) is 38.6 Å². The maximum absolute atomic E-state index is 12.4. The Morgan fingerprint density at radius 2 is 1.67 bits per heavy atom. The van der Waals surface area contributed by atoms with E-state index in [2.05, 4.69) is 5.32 Å². The predicted octanol–water partition coefficient (Wildman–Crippen LogP) is 4.12. The number of anilines is 2. The lowest BCUT2D eigenvalue weighted by atomic mass is 10.0. The average Bonchev–Trinajstić information content (AvgIpc) is 3.35. The Kier molecular flexibility index (Phi) is 3.96. The van der Waals surface area contributed by atoms with Gasteiger partial charge in [0.15, 0.2) is 0 Å². The normalized spacial score (nSPS) is 16.3. The third kappa shape index (κ3) is 2.85. The second-order valence-electron chi connectivity index (χ2n) is 7.61. The highest BCUT2D eigenvalue weighted by Crippen LogP contribution is 2.35. The molecule has 0 saturated carbocycles. The number of fused-ring (bicyclic) bond motifs is 2. The monoisotopic (exact) mass is 398 g/mol. The zero-order valence-electron chi connectivity index (χ0n) is 16.5. The van der Waals surface area contributed by atoms with Gasteiger partial charge in [-0.05, 0) is 56.3 Å². The summed E-state index contributed by atoms with van der Waals surface area (Å²) in [5.74, 6) is -0.215. The fraction of sp³-hybridized carbons (Fsp3) is 0.125. The van der Waals surface area contributed by atoms with Crippen molar-refractivity contribution in [3.8, 4) is 0 Å². The maximum Gasteiger partial charge on any atom is 0.299 e. The Morgan fingerprint density at radius 3 is 2.47 bits per heavy atom. The molecule has 2 aromatic carbocycles. The second kappa shape index (κ2) is 6.56. The zero-order valence-corrected chi connectivity index (χ0v) is 16.5. The number of carbonyl (C=O) groups excluding carboxylic acids is 3. The number of nitrogens with one attached hydrogen (secondary N) is 1. The molecule has 2 aliphatic rings. The summed E-state index contributed by atoms with van der Waals surface area (Å²) in [7, 11) is 0. The van der Waals surface area contributed by atoms with Gasteiger partial charge in [-0.2, -0.15) is 0 Å². The number of nitrogens with zero attached hydrogens (tertiary/aromatic N) is 1. The molecular formula is C24H18N2O4. The van der Waals surface area contributed by atoms with Gasteiger partial charge in [0.2, 0.25) is 0 Å². The van der Waals surface area contributed by atoms with E-state index in [-0.39, 0.29) is 12.5 Å². The van der Waals surface area contributed by atoms with E-state index in [1.807, 2.05) is 38.1 Å². The first-order chi connectivity index (χ1) is 14.4. The van der Waals surface area contributed by atoms with E-state index >= 15 is 0 Å². The van der Waals surface area contributed by atoms with Crippen LogP contribution in [0.5, 0.6) is 0 Å². The van der Waals surface area contributed by atoms with Gasteiger partial charge in [-0.3, -0.25) is 19.3 Å². The number of ketones is 1. The van der Waals surface area contributed by atoms with Gasteiger partial charge in [-0.15, -0.1) is 0 Å². The van der Waals surface area contributed by atoms with Crippen LogP contribution in [0, 0.1) is 13.8 Å². The number of hydrogen-bond acceptors (Lipinski definition) is 4. The minimum absolute atomic E-state index is 0.145. The first kappa shape index (κ1) is 18.1. The summed E-state index contributed by atoms with van der Waals surface area (Å²) in [6.07, 6.45) is 1.69. The molecule has 2 amide bonds. The molecular weight excluding hydrogens is 380 g/mol. The smallest absolute Gasteiger partial charge is 0.299 e. The molecule has 0 aliphatic carbocycles. The van der Waals surface area contributed by atoms with Gasteiger partial charge in [0, 0.05) is 11.3 Å². The Labute approximate surface area is 172 Å². The number of Topliss-reactive ketones (excluding diaryl/α,β-unsaturated/α-hetero) is 1. The fourth-order valence-electron chi connectivity index (χ4n) is 3.87. The van der Waals surface area contributed by atoms with Crippen LogP contribution >= 0.6 is 0 Å². The highest BCUT2D eigenvalue weighted by molar-refractivity contribution is 6.52. The quantitative estimate of drug-likeness (QED) is 0.532. The summed E-state index contributed by atoms with van der Waals surface area (Å²) < 4.78 is 5.86. The molecule has 3 aromatic rings. The van der Waals surface area contributed by atoms with Gasteiger partial charge in [-0.25, -0.2) is 0 Å². The number of rotatable bonds is 3. The number of carbonyl (C=O) groups is 3. The lowest BCUT2D eigenvalue weighted by molar-refractivity contribution is -0.114. The minimum atomic E-state index is -0.563.